The molecule has 0 bridgehead atoms. The van der Waals surface area contributed by atoms with E-state index < -0.39 is 17.7 Å². The average molecular weight is 538 g/mol. The Bertz CT molecular complexity index is 1570. The highest BCUT2D eigenvalue weighted by Crippen LogP contribution is 2.42. The minimum atomic E-state index is -0.810. The Hall–Kier alpha value is -5.05. The van der Waals surface area contributed by atoms with Gasteiger partial charge in [0.2, 0.25) is 0 Å². The molecule has 0 aliphatic carbocycles. The summed E-state index contributed by atoms with van der Waals surface area (Å²) in [6.07, 6.45) is 5.83. The Balaban J connectivity index is 1.38. The summed E-state index contributed by atoms with van der Waals surface area (Å²) >= 11 is 0. The maximum Gasteiger partial charge on any atom is 0.295 e. The molecule has 1 saturated heterocycles. The van der Waals surface area contributed by atoms with Crippen LogP contribution in [0.25, 0.3) is 5.76 Å². The van der Waals surface area contributed by atoms with Crippen LogP contribution < -0.4 is 14.2 Å². The number of aliphatic hydroxyl groups excluding tert-OH is 1. The van der Waals surface area contributed by atoms with Gasteiger partial charge < -0.3 is 28.8 Å². The molecule has 2 aliphatic heterocycles. The zero-order valence-corrected chi connectivity index (χ0v) is 21.6. The number of benzene rings is 3. The lowest BCUT2D eigenvalue weighted by Gasteiger charge is -2.26. The highest BCUT2D eigenvalue weighted by Gasteiger charge is 2.46. The molecule has 4 aromatic rings. The number of likely N-dealkylation sites (tertiary alicyclic amines) is 1. The zero-order valence-electron chi connectivity index (χ0n) is 21.6. The first kappa shape index (κ1) is 25.2. The summed E-state index contributed by atoms with van der Waals surface area (Å²) in [6.45, 7) is 1.74. The average Bonchev–Trinajstić information content (AvgIpc) is 3.59. The molecule has 1 amide bonds. The molecule has 1 atom stereocenters. The third-order valence-corrected chi connectivity index (χ3v) is 6.88. The van der Waals surface area contributed by atoms with Crippen LogP contribution in [-0.4, -0.2) is 51.0 Å². The number of imidazole rings is 1. The van der Waals surface area contributed by atoms with Crippen molar-refractivity contribution in [2.75, 3.05) is 19.8 Å². The largest absolute Gasteiger partial charge is 0.507 e. The predicted octanol–water partition coefficient (Wildman–Crippen LogP) is 4.96. The number of hydrogen-bond donors (Lipinski definition) is 1. The summed E-state index contributed by atoms with van der Waals surface area (Å²) in [5.41, 5.74) is 1.03. The van der Waals surface area contributed by atoms with Gasteiger partial charge >= 0.3 is 0 Å². The molecule has 40 heavy (non-hydrogen) atoms. The number of fused-ring (bicyclic) bond motifs is 1. The van der Waals surface area contributed by atoms with Gasteiger partial charge in [-0.05, 0) is 54.4 Å². The number of aryl methyl sites for hydroxylation is 1. The molecular weight excluding hydrogens is 510 g/mol. The van der Waals surface area contributed by atoms with Crippen LogP contribution in [0.2, 0.25) is 0 Å². The van der Waals surface area contributed by atoms with Crippen LogP contribution in [0, 0.1) is 0 Å². The van der Waals surface area contributed by atoms with Crippen LogP contribution in [0.15, 0.2) is 97.1 Å². The Kier molecular flexibility index (Phi) is 6.93. The normalized spacial score (nSPS) is 17.7. The molecule has 0 saturated carbocycles. The topological polar surface area (TPSA) is 103 Å². The van der Waals surface area contributed by atoms with Crippen molar-refractivity contribution in [3.8, 4) is 23.0 Å². The van der Waals surface area contributed by atoms with Crippen molar-refractivity contribution in [1.29, 1.82) is 0 Å². The second-order valence-electron chi connectivity index (χ2n) is 9.49. The first-order chi connectivity index (χ1) is 19.6. The standard InChI is InChI=1S/C31H27N3O6/c35-29(22-10-11-25-26(19-22)39-17-16-38-25)27-28(21-6-4-9-24(18-21)40-23-7-2-1-3-8-23)34(31(37)30(27)36)14-5-13-33-15-12-32-20-33/h1-4,6-12,15,18-20,28,35H,5,13-14,16-17H2/t28-/m0/s1. The third-order valence-electron chi connectivity index (χ3n) is 6.88. The van der Waals surface area contributed by atoms with Gasteiger partial charge in [0.05, 0.1) is 17.9 Å². The second-order valence-corrected chi connectivity index (χ2v) is 9.49. The maximum absolute atomic E-state index is 13.5. The lowest BCUT2D eigenvalue weighted by atomic mass is 9.95. The molecule has 0 spiro atoms. The number of carbonyl (C=O) groups excluding carboxylic acids is 2. The van der Waals surface area contributed by atoms with Gasteiger partial charge in [0, 0.05) is 31.0 Å². The molecule has 3 heterocycles. The molecule has 1 aromatic heterocycles. The first-order valence-electron chi connectivity index (χ1n) is 13.1. The highest BCUT2D eigenvalue weighted by molar-refractivity contribution is 6.46. The van der Waals surface area contributed by atoms with Gasteiger partial charge in [-0.1, -0.05) is 30.3 Å². The summed E-state index contributed by atoms with van der Waals surface area (Å²) < 4.78 is 19.2. The number of para-hydroxylation sites is 1. The Morgan fingerprint density at radius 3 is 2.52 bits per heavy atom. The van der Waals surface area contributed by atoms with Gasteiger partial charge in [-0.15, -0.1) is 0 Å². The van der Waals surface area contributed by atoms with Gasteiger partial charge in [0.1, 0.15) is 30.5 Å². The van der Waals surface area contributed by atoms with E-state index in [2.05, 4.69) is 4.98 Å². The number of aromatic nitrogens is 2. The second kappa shape index (κ2) is 11.0. The summed E-state index contributed by atoms with van der Waals surface area (Å²) in [5.74, 6) is 0.562. The molecule has 0 radical (unpaired) electrons. The SMILES string of the molecule is O=C1C(=O)N(CCCn2ccnc2)[C@@H](c2cccc(Oc3ccccc3)c2)C1=C(O)c1ccc2c(c1)OCCO2. The number of nitrogens with zero attached hydrogens (tertiary/aromatic N) is 3. The van der Waals surface area contributed by atoms with Crippen LogP contribution in [0.4, 0.5) is 0 Å². The van der Waals surface area contributed by atoms with E-state index in [0.717, 1.165) is 0 Å². The fraction of sp³-hybridized carbons (Fsp3) is 0.194. The zero-order chi connectivity index (χ0) is 27.5. The van der Waals surface area contributed by atoms with Gasteiger partial charge in [-0.3, -0.25) is 9.59 Å². The molecule has 6 rings (SSSR count). The lowest BCUT2D eigenvalue weighted by Crippen LogP contribution is -2.31. The molecule has 1 fully saturated rings. The van der Waals surface area contributed by atoms with Gasteiger partial charge in [-0.2, -0.15) is 0 Å². The number of carbonyl (C=O) groups is 2. The Labute approximate surface area is 230 Å². The molecule has 0 unspecified atom stereocenters. The number of aliphatic hydroxyl groups is 1. The highest BCUT2D eigenvalue weighted by atomic mass is 16.6. The summed E-state index contributed by atoms with van der Waals surface area (Å²) in [6, 6.07) is 20.7. The number of hydrogen-bond acceptors (Lipinski definition) is 7. The minimum absolute atomic E-state index is 0.0150. The fourth-order valence-corrected chi connectivity index (χ4v) is 5.02. The van der Waals surface area contributed by atoms with E-state index in [-0.39, 0.29) is 11.3 Å². The van der Waals surface area contributed by atoms with E-state index in [1.54, 1.807) is 36.8 Å². The molecule has 9 heteroatoms. The maximum atomic E-state index is 13.5. The van der Waals surface area contributed by atoms with E-state index in [0.29, 0.717) is 66.8 Å². The summed E-state index contributed by atoms with van der Waals surface area (Å²) in [4.78, 5) is 32.4. The van der Waals surface area contributed by atoms with E-state index in [9.17, 15) is 14.7 Å². The van der Waals surface area contributed by atoms with Crippen molar-refractivity contribution in [3.05, 3.63) is 108 Å². The van der Waals surface area contributed by atoms with Crippen LogP contribution in [-0.2, 0) is 16.1 Å². The van der Waals surface area contributed by atoms with Crippen molar-refractivity contribution in [2.24, 2.45) is 0 Å². The third kappa shape index (κ3) is 5.01. The molecule has 202 valence electrons. The molecular formula is C31H27N3O6. The molecule has 2 aliphatic rings. The van der Waals surface area contributed by atoms with Crippen LogP contribution in [0.3, 0.4) is 0 Å². The number of ether oxygens (including phenoxy) is 3. The van der Waals surface area contributed by atoms with E-state index in [1.807, 2.05) is 59.3 Å². The smallest absolute Gasteiger partial charge is 0.295 e. The number of Topliss-reactive ketones (excluding diaryl/α,β-unsaturated/α-hetero) is 1. The number of ketones is 1. The summed E-state index contributed by atoms with van der Waals surface area (Å²) in [7, 11) is 0. The van der Waals surface area contributed by atoms with Crippen molar-refractivity contribution in [1.82, 2.24) is 14.5 Å². The quantitative estimate of drug-likeness (QED) is 0.193. The summed E-state index contributed by atoms with van der Waals surface area (Å²) in [5, 5.41) is 11.5. The minimum Gasteiger partial charge on any atom is -0.507 e. The molecule has 1 N–H and O–H groups in total. The van der Waals surface area contributed by atoms with Crippen LogP contribution in [0.1, 0.15) is 23.6 Å². The molecule has 9 nitrogen and oxygen atoms in total. The first-order valence-corrected chi connectivity index (χ1v) is 13.1. The van der Waals surface area contributed by atoms with E-state index in [4.69, 9.17) is 14.2 Å². The van der Waals surface area contributed by atoms with Gasteiger partial charge in [-0.25, -0.2) is 4.98 Å². The fourth-order valence-electron chi connectivity index (χ4n) is 5.02. The molecule has 3 aromatic carbocycles. The van der Waals surface area contributed by atoms with Gasteiger partial charge in [0.25, 0.3) is 11.7 Å². The number of amides is 1. The Morgan fingerprint density at radius 2 is 1.73 bits per heavy atom. The van der Waals surface area contributed by atoms with Crippen molar-refractivity contribution < 1.29 is 28.9 Å². The van der Waals surface area contributed by atoms with Crippen molar-refractivity contribution in [3.63, 3.8) is 0 Å². The van der Waals surface area contributed by atoms with E-state index >= 15 is 0 Å². The van der Waals surface area contributed by atoms with Crippen molar-refractivity contribution >= 4 is 17.4 Å². The Morgan fingerprint density at radius 1 is 0.925 bits per heavy atom. The van der Waals surface area contributed by atoms with Gasteiger partial charge in [0.15, 0.2) is 11.5 Å². The number of rotatable bonds is 8. The monoisotopic (exact) mass is 537 g/mol. The predicted molar refractivity (Wildman–Crippen MR) is 146 cm³/mol. The van der Waals surface area contributed by atoms with Crippen LogP contribution >= 0.6 is 0 Å². The van der Waals surface area contributed by atoms with Crippen molar-refractivity contribution in [2.45, 2.75) is 19.0 Å². The van der Waals surface area contributed by atoms with E-state index in [1.165, 1.54) is 4.90 Å². The lowest BCUT2D eigenvalue weighted by molar-refractivity contribution is -0.139. The van der Waals surface area contributed by atoms with Crippen LogP contribution in [0.5, 0.6) is 23.0 Å².